The summed E-state index contributed by atoms with van der Waals surface area (Å²) >= 11 is 0. The van der Waals surface area contributed by atoms with Crippen LogP contribution in [0.3, 0.4) is 0 Å². The second kappa shape index (κ2) is 4.26. The van der Waals surface area contributed by atoms with Crippen LogP contribution in [0.2, 0.25) is 0 Å². The average Bonchev–Trinajstić information content (AvgIpc) is 2.84. The van der Waals surface area contributed by atoms with E-state index >= 15 is 0 Å². The Labute approximate surface area is 107 Å². The average molecular weight is 245 g/mol. The third-order valence-corrected chi connectivity index (χ3v) is 3.92. The number of rotatable bonds is 2. The monoisotopic (exact) mass is 245 g/mol. The number of fused-ring (bicyclic) bond motifs is 1. The molecule has 18 heavy (non-hydrogen) atoms. The van der Waals surface area contributed by atoms with Crippen LogP contribution in [-0.2, 0) is 19.4 Å². The van der Waals surface area contributed by atoms with Crippen molar-refractivity contribution in [3.63, 3.8) is 0 Å². The molecular weight excluding hydrogens is 226 g/mol. The summed E-state index contributed by atoms with van der Waals surface area (Å²) in [5.41, 5.74) is 4.90. The predicted molar refractivity (Wildman–Crippen MR) is 68.7 cm³/mol. The molecule has 2 aromatic heterocycles. The van der Waals surface area contributed by atoms with Gasteiger partial charge in [-0.25, -0.2) is 4.98 Å². The van der Waals surface area contributed by atoms with Crippen molar-refractivity contribution in [1.29, 1.82) is 0 Å². The molecule has 0 saturated heterocycles. The summed E-state index contributed by atoms with van der Waals surface area (Å²) in [6, 6.07) is 0. The first-order valence-corrected chi connectivity index (χ1v) is 6.63. The van der Waals surface area contributed by atoms with Crippen LogP contribution >= 0.6 is 0 Å². The highest BCUT2D eigenvalue weighted by Gasteiger charge is 2.20. The molecule has 2 aromatic rings. The van der Waals surface area contributed by atoms with E-state index in [2.05, 4.69) is 16.6 Å². The first-order chi connectivity index (χ1) is 8.66. The van der Waals surface area contributed by atoms with E-state index in [0.29, 0.717) is 0 Å². The summed E-state index contributed by atoms with van der Waals surface area (Å²) in [6.45, 7) is 6.92. The number of aryl methyl sites for hydroxylation is 4. The van der Waals surface area contributed by atoms with Gasteiger partial charge >= 0.3 is 0 Å². The number of hydrogen-bond donors (Lipinski definition) is 0. The van der Waals surface area contributed by atoms with Crippen LogP contribution in [0, 0.1) is 20.8 Å². The van der Waals surface area contributed by atoms with Gasteiger partial charge in [-0.2, -0.15) is 0 Å². The lowest BCUT2D eigenvalue weighted by molar-refractivity contribution is 0.392. The number of aromatic nitrogens is 3. The maximum atomic E-state index is 5.24. The first-order valence-electron chi connectivity index (χ1n) is 6.63. The molecule has 0 aliphatic heterocycles. The third kappa shape index (κ3) is 1.76. The summed E-state index contributed by atoms with van der Waals surface area (Å²) < 4.78 is 7.58. The SMILES string of the molecule is Cc1noc(C)c1Cn1c(C)nc2c1CCCC2. The highest BCUT2D eigenvalue weighted by atomic mass is 16.5. The summed E-state index contributed by atoms with van der Waals surface area (Å²) in [4.78, 5) is 4.70. The van der Waals surface area contributed by atoms with Crippen molar-refractivity contribution in [2.75, 3.05) is 0 Å². The van der Waals surface area contributed by atoms with Gasteiger partial charge in [0.1, 0.15) is 11.6 Å². The van der Waals surface area contributed by atoms with Crippen LogP contribution < -0.4 is 0 Å². The minimum atomic E-state index is 0.843. The van der Waals surface area contributed by atoms with Crippen LogP contribution in [-0.4, -0.2) is 14.7 Å². The van der Waals surface area contributed by atoms with Gasteiger partial charge in [0.25, 0.3) is 0 Å². The van der Waals surface area contributed by atoms with Crippen molar-refractivity contribution in [3.05, 3.63) is 34.2 Å². The molecule has 0 amide bonds. The predicted octanol–water partition coefficient (Wildman–Crippen LogP) is 2.72. The molecule has 2 heterocycles. The second-order valence-corrected chi connectivity index (χ2v) is 5.15. The summed E-state index contributed by atoms with van der Waals surface area (Å²) in [7, 11) is 0. The Hall–Kier alpha value is -1.58. The van der Waals surface area contributed by atoms with Gasteiger partial charge in [0.2, 0.25) is 0 Å². The fourth-order valence-electron chi connectivity index (χ4n) is 2.83. The smallest absolute Gasteiger partial charge is 0.138 e. The molecule has 4 heteroatoms. The highest BCUT2D eigenvalue weighted by Crippen LogP contribution is 2.24. The van der Waals surface area contributed by atoms with E-state index in [4.69, 9.17) is 9.51 Å². The van der Waals surface area contributed by atoms with Gasteiger partial charge < -0.3 is 9.09 Å². The van der Waals surface area contributed by atoms with E-state index in [1.165, 1.54) is 29.8 Å². The first kappa shape index (κ1) is 11.5. The molecule has 0 bridgehead atoms. The van der Waals surface area contributed by atoms with Crippen LogP contribution in [0.4, 0.5) is 0 Å². The van der Waals surface area contributed by atoms with Gasteiger partial charge in [0.05, 0.1) is 17.9 Å². The fourth-order valence-corrected chi connectivity index (χ4v) is 2.83. The van der Waals surface area contributed by atoms with E-state index in [1.54, 1.807) is 0 Å². The molecule has 0 radical (unpaired) electrons. The Morgan fingerprint density at radius 3 is 2.67 bits per heavy atom. The molecule has 3 rings (SSSR count). The molecule has 96 valence electrons. The van der Waals surface area contributed by atoms with E-state index < -0.39 is 0 Å². The Morgan fingerprint density at radius 1 is 1.17 bits per heavy atom. The maximum Gasteiger partial charge on any atom is 0.138 e. The van der Waals surface area contributed by atoms with E-state index in [1.807, 2.05) is 13.8 Å². The fraction of sp³-hybridized carbons (Fsp3) is 0.571. The minimum Gasteiger partial charge on any atom is -0.361 e. The standard InChI is InChI=1S/C14H19N3O/c1-9-12(10(2)18-16-9)8-17-11(3)15-13-6-4-5-7-14(13)17/h4-8H2,1-3H3. The molecule has 1 aliphatic carbocycles. The van der Waals surface area contributed by atoms with Crippen LogP contribution in [0.1, 0.15) is 47.1 Å². The molecule has 0 saturated carbocycles. The summed E-state index contributed by atoms with van der Waals surface area (Å²) in [5.74, 6) is 2.03. The zero-order chi connectivity index (χ0) is 12.7. The van der Waals surface area contributed by atoms with Gasteiger partial charge in [-0.1, -0.05) is 5.16 Å². The molecular formula is C14H19N3O. The lowest BCUT2D eigenvalue weighted by atomic mass is 10.0. The molecule has 0 atom stereocenters. The lowest BCUT2D eigenvalue weighted by Gasteiger charge is -2.14. The topological polar surface area (TPSA) is 43.9 Å². The largest absolute Gasteiger partial charge is 0.361 e. The lowest BCUT2D eigenvalue weighted by Crippen LogP contribution is -2.11. The Balaban J connectivity index is 2.00. The zero-order valence-corrected chi connectivity index (χ0v) is 11.3. The van der Waals surface area contributed by atoms with Gasteiger partial charge in [-0.15, -0.1) is 0 Å². The highest BCUT2D eigenvalue weighted by molar-refractivity contribution is 5.26. The molecule has 0 spiro atoms. The quantitative estimate of drug-likeness (QED) is 0.817. The molecule has 0 fully saturated rings. The Kier molecular flexibility index (Phi) is 2.73. The number of imidazole rings is 1. The van der Waals surface area contributed by atoms with Gasteiger partial charge in [-0.05, 0) is 46.5 Å². The molecule has 0 N–H and O–H groups in total. The second-order valence-electron chi connectivity index (χ2n) is 5.15. The molecule has 0 unspecified atom stereocenters. The van der Waals surface area contributed by atoms with Gasteiger partial charge in [0.15, 0.2) is 0 Å². The molecule has 4 nitrogen and oxygen atoms in total. The molecule has 0 aromatic carbocycles. The van der Waals surface area contributed by atoms with E-state index in [9.17, 15) is 0 Å². The Morgan fingerprint density at radius 2 is 1.94 bits per heavy atom. The van der Waals surface area contributed by atoms with E-state index in [0.717, 1.165) is 36.7 Å². The van der Waals surface area contributed by atoms with Crippen LogP contribution in [0.15, 0.2) is 4.52 Å². The zero-order valence-electron chi connectivity index (χ0n) is 11.3. The molecule has 1 aliphatic rings. The summed E-state index contributed by atoms with van der Waals surface area (Å²) in [6.07, 6.45) is 4.83. The van der Waals surface area contributed by atoms with Crippen molar-refractivity contribution in [1.82, 2.24) is 14.7 Å². The van der Waals surface area contributed by atoms with Crippen molar-refractivity contribution < 1.29 is 4.52 Å². The maximum absolute atomic E-state index is 5.24. The number of nitrogens with zero attached hydrogens (tertiary/aromatic N) is 3. The van der Waals surface area contributed by atoms with Gasteiger partial charge in [0, 0.05) is 11.3 Å². The van der Waals surface area contributed by atoms with Crippen molar-refractivity contribution >= 4 is 0 Å². The third-order valence-electron chi connectivity index (χ3n) is 3.92. The van der Waals surface area contributed by atoms with Crippen molar-refractivity contribution in [3.8, 4) is 0 Å². The normalized spacial score (nSPS) is 14.8. The van der Waals surface area contributed by atoms with Crippen molar-refractivity contribution in [2.45, 2.75) is 53.0 Å². The van der Waals surface area contributed by atoms with Crippen LogP contribution in [0.25, 0.3) is 0 Å². The van der Waals surface area contributed by atoms with E-state index in [-0.39, 0.29) is 0 Å². The van der Waals surface area contributed by atoms with Gasteiger partial charge in [-0.3, -0.25) is 0 Å². The minimum absolute atomic E-state index is 0.843. The summed E-state index contributed by atoms with van der Waals surface area (Å²) in [5, 5.41) is 4.03. The number of hydrogen-bond acceptors (Lipinski definition) is 3. The van der Waals surface area contributed by atoms with Crippen molar-refractivity contribution in [2.24, 2.45) is 0 Å². The Bertz CT molecular complexity index is 561. The van der Waals surface area contributed by atoms with Crippen LogP contribution in [0.5, 0.6) is 0 Å².